The van der Waals surface area contributed by atoms with E-state index >= 15 is 0 Å². The molecule has 31 heavy (non-hydrogen) atoms. The molecule has 1 aliphatic heterocycles. The lowest BCUT2D eigenvalue weighted by Crippen LogP contribution is -2.45. The molecule has 2 aromatic carbocycles. The maximum atomic E-state index is 12.6. The summed E-state index contributed by atoms with van der Waals surface area (Å²) in [6, 6.07) is 19.0. The van der Waals surface area contributed by atoms with Crippen LogP contribution in [0.15, 0.2) is 65.5 Å². The minimum absolute atomic E-state index is 0.0865. The van der Waals surface area contributed by atoms with Crippen LogP contribution in [0.3, 0.4) is 0 Å². The Morgan fingerprint density at radius 1 is 1.06 bits per heavy atom. The van der Waals surface area contributed by atoms with Crippen LogP contribution in [0.25, 0.3) is 5.69 Å². The van der Waals surface area contributed by atoms with E-state index in [0.29, 0.717) is 26.2 Å². The predicted octanol–water partition coefficient (Wildman–Crippen LogP) is 2.54. The molecule has 0 radical (unpaired) electrons. The van der Waals surface area contributed by atoms with Crippen LogP contribution in [0, 0.1) is 0 Å². The number of rotatable bonds is 6. The highest BCUT2D eigenvalue weighted by molar-refractivity contribution is 5.74. The molecular weight excluding hydrogens is 394 g/mol. The third-order valence-corrected chi connectivity index (χ3v) is 5.50. The number of aromatic nitrogens is 3. The van der Waals surface area contributed by atoms with Gasteiger partial charge in [0, 0.05) is 26.1 Å². The number of piperidine rings is 1. The van der Waals surface area contributed by atoms with E-state index in [-0.39, 0.29) is 17.6 Å². The molecule has 0 aliphatic carbocycles. The monoisotopic (exact) mass is 421 g/mol. The minimum atomic E-state index is -0.153. The molecule has 2 amide bonds. The van der Waals surface area contributed by atoms with Crippen LogP contribution < -0.4 is 15.7 Å². The molecular formula is C23H27N5O3. The van der Waals surface area contributed by atoms with Gasteiger partial charge in [-0.1, -0.05) is 36.4 Å². The Labute approximate surface area is 181 Å². The molecule has 0 spiro atoms. The standard InChI is InChI=1S/C23H27N5O3/c1-26-23(30)28(19-8-4-2-5-9-19)21(25-26)18-12-15-27(16-13-18)22(29)24-14-17-31-20-10-6-3-7-11-20/h2-11,18H,12-17H2,1H3,(H,24,29). The fourth-order valence-electron chi connectivity index (χ4n) is 3.86. The van der Waals surface area contributed by atoms with Crippen molar-refractivity contribution in [3.8, 4) is 11.4 Å². The summed E-state index contributed by atoms with van der Waals surface area (Å²) in [6.07, 6.45) is 1.52. The normalized spacial score (nSPS) is 14.4. The highest BCUT2D eigenvalue weighted by Gasteiger charge is 2.28. The molecule has 8 heteroatoms. The largest absolute Gasteiger partial charge is 0.492 e. The number of para-hydroxylation sites is 2. The summed E-state index contributed by atoms with van der Waals surface area (Å²) < 4.78 is 8.68. The lowest BCUT2D eigenvalue weighted by Gasteiger charge is -2.31. The molecule has 0 atom stereocenters. The Hall–Kier alpha value is -3.55. The number of nitrogens with zero attached hydrogens (tertiary/aromatic N) is 4. The molecule has 1 N–H and O–H groups in total. The van der Waals surface area contributed by atoms with Crippen LogP contribution in [0.5, 0.6) is 5.75 Å². The fraction of sp³-hybridized carbons (Fsp3) is 0.348. The summed E-state index contributed by atoms with van der Waals surface area (Å²) in [5, 5.41) is 7.42. The molecule has 2 heterocycles. The zero-order valence-corrected chi connectivity index (χ0v) is 17.6. The zero-order chi connectivity index (χ0) is 21.6. The van der Waals surface area contributed by atoms with Crippen molar-refractivity contribution in [2.75, 3.05) is 26.2 Å². The number of nitrogens with one attached hydrogen (secondary N) is 1. The first kappa shape index (κ1) is 20.7. The van der Waals surface area contributed by atoms with Gasteiger partial charge in [-0.2, -0.15) is 5.10 Å². The molecule has 1 saturated heterocycles. The smallest absolute Gasteiger partial charge is 0.350 e. The Morgan fingerprint density at radius 3 is 2.39 bits per heavy atom. The molecule has 8 nitrogen and oxygen atoms in total. The SMILES string of the molecule is Cn1nc(C2CCN(C(=O)NCCOc3ccccc3)CC2)n(-c2ccccc2)c1=O. The number of urea groups is 1. The summed E-state index contributed by atoms with van der Waals surface area (Å²) in [7, 11) is 1.67. The van der Waals surface area contributed by atoms with Crippen LogP contribution in [0.1, 0.15) is 24.6 Å². The molecule has 1 aromatic heterocycles. The highest BCUT2D eigenvalue weighted by Crippen LogP contribution is 2.27. The van der Waals surface area contributed by atoms with Crippen molar-refractivity contribution in [3.05, 3.63) is 77.0 Å². The van der Waals surface area contributed by atoms with Gasteiger partial charge in [0.05, 0.1) is 12.2 Å². The maximum absolute atomic E-state index is 12.6. The van der Waals surface area contributed by atoms with Gasteiger partial charge < -0.3 is 15.0 Å². The Bertz CT molecular complexity index is 1050. The number of carbonyl (C=O) groups excluding carboxylic acids is 1. The molecule has 3 aromatic rings. The second-order valence-electron chi connectivity index (χ2n) is 7.59. The van der Waals surface area contributed by atoms with E-state index in [2.05, 4.69) is 10.4 Å². The van der Waals surface area contributed by atoms with Crippen molar-refractivity contribution < 1.29 is 9.53 Å². The summed E-state index contributed by atoms with van der Waals surface area (Å²) in [5.41, 5.74) is 0.661. The Balaban J connectivity index is 1.31. The van der Waals surface area contributed by atoms with Crippen molar-refractivity contribution in [1.82, 2.24) is 24.6 Å². The minimum Gasteiger partial charge on any atom is -0.492 e. The van der Waals surface area contributed by atoms with Crippen molar-refractivity contribution in [2.24, 2.45) is 7.05 Å². The summed E-state index contributed by atoms with van der Waals surface area (Å²) >= 11 is 0. The number of benzene rings is 2. The molecule has 0 saturated carbocycles. The molecule has 0 unspecified atom stereocenters. The third kappa shape index (κ3) is 4.79. The number of carbonyl (C=O) groups is 1. The van der Waals surface area contributed by atoms with Crippen molar-refractivity contribution in [1.29, 1.82) is 0 Å². The van der Waals surface area contributed by atoms with E-state index < -0.39 is 0 Å². The van der Waals surface area contributed by atoms with E-state index in [1.165, 1.54) is 4.68 Å². The number of hydrogen-bond donors (Lipinski definition) is 1. The first-order valence-corrected chi connectivity index (χ1v) is 10.6. The van der Waals surface area contributed by atoms with Gasteiger partial charge in [-0.25, -0.2) is 18.8 Å². The molecule has 4 rings (SSSR count). The van der Waals surface area contributed by atoms with Gasteiger partial charge in [-0.3, -0.25) is 0 Å². The van der Waals surface area contributed by atoms with Gasteiger partial charge in [0.15, 0.2) is 0 Å². The van der Waals surface area contributed by atoms with Crippen LogP contribution in [-0.4, -0.2) is 51.5 Å². The van der Waals surface area contributed by atoms with E-state index in [1.807, 2.05) is 65.6 Å². The average molecular weight is 422 g/mol. The predicted molar refractivity (Wildman–Crippen MR) is 118 cm³/mol. The molecule has 1 fully saturated rings. The first-order valence-electron chi connectivity index (χ1n) is 10.6. The summed E-state index contributed by atoms with van der Waals surface area (Å²) in [5.74, 6) is 1.67. The molecule has 1 aliphatic rings. The van der Waals surface area contributed by atoms with Gasteiger partial charge in [-0.15, -0.1) is 0 Å². The number of ether oxygens (including phenoxy) is 1. The van der Waals surface area contributed by atoms with E-state index in [1.54, 1.807) is 11.6 Å². The number of hydrogen-bond acceptors (Lipinski definition) is 4. The maximum Gasteiger partial charge on any atom is 0.350 e. The lowest BCUT2D eigenvalue weighted by atomic mass is 9.96. The van der Waals surface area contributed by atoms with Crippen molar-refractivity contribution in [2.45, 2.75) is 18.8 Å². The Morgan fingerprint density at radius 2 is 1.71 bits per heavy atom. The van der Waals surface area contributed by atoms with Gasteiger partial charge in [-0.05, 0) is 37.1 Å². The zero-order valence-electron chi connectivity index (χ0n) is 17.6. The molecule has 0 bridgehead atoms. The van der Waals surface area contributed by atoms with E-state index in [4.69, 9.17) is 4.74 Å². The third-order valence-electron chi connectivity index (χ3n) is 5.50. The number of likely N-dealkylation sites (tertiary alicyclic amines) is 1. The Kier molecular flexibility index (Phi) is 6.35. The van der Waals surface area contributed by atoms with Crippen LogP contribution in [-0.2, 0) is 7.05 Å². The number of aryl methyl sites for hydroxylation is 1. The van der Waals surface area contributed by atoms with Gasteiger partial charge >= 0.3 is 11.7 Å². The van der Waals surface area contributed by atoms with Crippen molar-refractivity contribution in [3.63, 3.8) is 0 Å². The second-order valence-corrected chi connectivity index (χ2v) is 7.59. The summed E-state index contributed by atoms with van der Waals surface area (Å²) in [6.45, 7) is 2.11. The average Bonchev–Trinajstić information content (AvgIpc) is 3.12. The van der Waals surface area contributed by atoms with Gasteiger partial charge in [0.1, 0.15) is 18.2 Å². The first-order chi connectivity index (χ1) is 15.1. The lowest BCUT2D eigenvalue weighted by molar-refractivity contribution is 0.177. The molecule has 162 valence electrons. The quantitative estimate of drug-likeness (QED) is 0.620. The van der Waals surface area contributed by atoms with Gasteiger partial charge in [0.25, 0.3) is 0 Å². The fourth-order valence-corrected chi connectivity index (χ4v) is 3.86. The number of amides is 2. The van der Waals surface area contributed by atoms with Crippen molar-refractivity contribution >= 4 is 6.03 Å². The highest BCUT2D eigenvalue weighted by atomic mass is 16.5. The second kappa shape index (κ2) is 9.51. The van der Waals surface area contributed by atoms with Crippen LogP contribution in [0.4, 0.5) is 4.79 Å². The van der Waals surface area contributed by atoms with E-state index in [9.17, 15) is 9.59 Å². The van der Waals surface area contributed by atoms with Crippen LogP contribution >= 0.6 is 0 Å². The topological polar surface area (TPSA) is 81.4 Å². The summed E-state index contributed by atoms with van der Waals surface area (Å²) in [4.78, 5) is 26.9. The van der Waals surface area contributed by atoms with E-state index in [0.717, 1.165) is 30.1 Å². The van der Waals surface area contributed by atoms with Crippen LogP contribution in [0.2, 0.25) is 0 Å². The van der Waals surface area contributed by atoms with Gasteiger partial charge in [0.2, 0.25) is 0 Å².